The average molecular weight is 277 g/mol. The van der Waals surface area contributed by atoms with E-state index in [9.17, 15) is 9.59 Å². The summed E-state index contributed by atoms with van der Waals surface area (Å²) in [6.45, 7) is 1.79. The topological polar surface area (TPSA) is 104 Å². The van der Waals surface area contributed by atoms with E-state index in [1.54, 1.807) is 0 Å². The summed E-state index contributed by atoms with van der Waals surface area (Å²) in [6.07, 6.45) is 3.80. The molecule has 1 aromatic rings. The zero-order valence-electron chi connectivity index (χ0n) is 11.3. The van der Waals surface area contributed by atoms with Crippen molar-refractivity contribution >= 4 is 11.9 Å². The normalized spacial score (nSPS) is 22.4. The molecule has 2 aliphatic rings. The number of aryl methyl sites for hydroxylation is 1. The minimum Gasteiger partial charge on any atom is -0.368 e. The molecule has 1 saturated heterocycles. The molecule has 7 nitrogen and oxygen atoms in total. The molecule has 1 aromatic heterocycles. The van der Waals surface area contributed by atoms with Gasteiger partial charge in [-0.25, -0.2) is 4.98 Å². The molecule has 1 atom stereocenters. The van der Waals surface area contributed by atoms with Crippen molar-refractivity contribution in [3.8, 4) is 0 Å². The monoisotopic (exact) mass is 277 g/mol. The predicted molar refractivity (Wildman–Crippen MR) is 74.7 cm³/mol. The average Bonchev–Trinajstić information content (AvgIpc) is 2.47. The summed E-state index contributed by atoms with van der Waals surface area (Å²) in [5, 5.41) is 3.06. The number of hydrogen-bond acceptors (Lipinski definition) is 5. The Morgan fingerprint density at radius 1 is 1.35 bits per heavy atom. The van der Waals surface area contributed by atoms with E-state index in [-0.39, 0.29) is 11.5 Å². The molecule has 108 valence electrons. The van der Waals surface area contributed by atoms with Crippen molar-refractivity contribution < 1.29 is 4.79 Å². The predicted octanol–water partition coefficient (Wildman–Crippen LogP) is -1.09. The first-order chi connectivity index (χ1) is 9.65. The molecule has 4 N–H and O–H groups in total. The van der Waals surface area contributed by atoms with E-state index in [4.69, 9.17) is 5.73 Å². The van der Waals surface area contributed by atoms with Gasteiger partial charge in [0.05, 0.1) is 5.69 Å². The van der Waals surface area contributed by atoms with E-state index in [2.05, 4.69) is 15.3 Å². The lowest BCUT2D eigenvalue weighted by molar-refractivity contribution is -0.120. The van der Waals surface area contributed by atoms with E-state index in [0.29, 0.717) is 25.6 Å². The molecular weight excluding hydrogens is 258 g/mol. The highest BCUT2D eigenvalue weighted by Gasteiger charge is 2.26. The van der Waals surface area contributed by atoms with Crippen LogP contribution in [0.5, 0.6) is 0 Å². The first-order valence-corrected chi connectivity index (χ1v) is 7.05. The van der Waals surface area contributed by atoms with Gasteiger partial charge in [0.2, 0.25) is 11.9 Å². The lowest BCUT2D eigenvalue weighted by Gasteiger charge is -2.32. The zero-order chi connectivity index (χ0) is 14.1. The number of carbonyl (C=O) groups is 1. The zero-order valence-corrected chi connectivity index (χ0v) is 11.3. The molecule has 1 aliphatic heterocycles. The van der Waals surface area contributed by atoms with Gasteiger partial charge in [0, 0.05) is 25.2 Å². The largest absolute Gasteiger partial charge is 0.368 e. The van der Waals surface area contributed by atoms with E-state index < -0.39 is 6.04 Å². The third kappa shape index (κ3) is 2.40. The fourth-order valence-electron chi connectivity index (χ4n) is 2.87. The van der Waals surface area contributed by atoms with Crippen LogP contribution in [0, 0.1) is 0 Å². The van der Waals surface area contributed by atoms with Crippen LogP contribution >= 0.6 is 0 Å². The summed E-state index contributed by atoms with van der Waals surface area (Å²) < 4.78 is 0. The molecule has 0 saturated carbocycles. The summed E-state index contributed by atoms with van der Waals surface area (Å²) in [5.74, 6) is 0.179. The van der Waals surface area contributed by atoms with Gasteiger partial charge in [-0.2, -0.15) is 0 Å². The van der Waals surface area contributed by atoms with Crippen LogP contribution in [0.4, 0.5) is 5.95 Å². The quantitative estimate of drug-likeness (QED) is 0.637. The number of nitrogens with one attached hydrogen (secondary N) is 2. The second kappa shape index (κ2) is 5.24. The van der Waals surface area contributed by atoms with Gasteiger partial charge in [0.1, 0.15) is 6.04 Å². The number of fused-ring (bicyclic) bond motifs is 1. The molecule has 0 aromatic carbocycles. The molecule has 1 amide bonds. The summed E-state index contributed by atoms with van der Waals surface area (Å²) in [4.78, 5) is 32.7. The van der Waals surface area contributed by atoms with Gasteiger partial charge in [0.15, 0.2) is 0 Å². The number of aromatic amines is 1. The Morgan fingerprint density at radius 3 is 2.95 bits per heavy atom. The Morgan fingerprint density at radius 2 is 2.15 bits per heavy atom. The minimum absolute atomic E-state index is 0.0427. The second-order valence-electron chi connectivity index (χ2n) is 5.38. The van der Waals surface area contributed by atoms with Crippen LogP contribution in [0.15, 0.2) is 4.79 Å². The molecular formula is C13H19N5O2. The van der Waals surface area contributed by atoms with Gasteiger partial charge in [0.25, 0.3) is 5.56 Å². The summed E-state index contributed by atoms with van der Waals surface area (Å²) in [5.41, 5.74) is 7.01. The van der Waals surface area contributed by atoms with Gasteiger partial charge in [-0.1, -0.05) is 0 Å². The number of aromatic nitrogens is 2. The van der Waals surface area contributed by atoms with Crippen LogP contribution in [0.3, 0.4) is 0 Å². The number of nitrogens with zero attached hydrogens (tertiary/aromatic N) is 2. The molecule has 1 aliphatic carbocycles. The molecule has 1 fully saturated rings. The van der Waals surface area contributed by atoms with E-state index >= 15 is 0 Å². The Kier molecular flexibility index (Phi) is 3.43. The smallest absolute Gasteiger partial charge is 0.255 e. The van der Waals surface area contributed by atoms with Crippen LogP contribution in [0.25, 0.3) is 0 Å². The summed E-state index contributed by atoms with van der Waals surface area (Å²) >= 11 is 0. The first kappa shape index (κ1) is 13.1. The van der Waals surface area contributed by atoms with Crippen molar-refractivity contribution in [3.63, 3.8) is 0 Å². The molecule has 2 heterocycles. The number of anilines is 1. The summed E-state index contributed by atoms with van der Waals surface area (Å²) in [6, 6.07) is -0.398. The fraction of sp³-hybridized carbons (Fsp3) is 0.615. The molecule has 7 heteroatoms. The molecule has 3 rings (SSSR count). The van der Waals surface area contributed by atoms with Gasteiger partial charge in [-0.05, 0) is 25.7 Å². The standard InChI is InChI=1S/C13H19N5O2/c14-11(19)10-7-18(6-5-15-10)13-16-9-4-2-1-3-8(9)12(20)17-13/h10,15H,1-7H2,(H2,14,19)(H,16,17,20). The third-order valence-electron chi connectivity index (χ3n) is 4.00. The third-order valence-corrected chi connectivity index (χ3v) is 4.00. The van der Waals surface area contributed by atoms with Crippen molar-refractivity contribution in [1.29, 1.82) is 0 Å². The number of primary amides is 1. The number of piperazine rings is 1. The van der Waals surface area contributed by atoms with Crippen LogP contribution in [0.2, 0.25) is 0 Å². The maximum atomic E-state index is 12.1. The van der Waals surface area contributed by atoms with Gasteiger partial charge in [-0.3, -0.25) is 14.6 Å². The number of H-pyrrole nitrogens is 1. The Hall–Kier alpha value is -1.89. The van der Waals surface area contributed by atoms with E-state index in [0.717, 1.165) is 36.9 Å². The van der Waals surface area contributed by atoms with Crippen molar-refractivity contribution in [1.82, 2.24) is 15.3 Å². The lowest BCUT2D eigenvalue weighted by atomic mass is 9.97. The highest BCUT2D eigenvalue weighted by atomic mass is 16.1. The molecule has 0 bridgehead atoms. The Bertz CT molecular complexity index is 583. The Balaban J connectivity index is 1.88. The molecule has 0 radical (unpaired) electrons. The Labute approximate surface area is 116 Å². The number of amides is 1. The van der Waals surface area contributed by atoms with Crippen molar-refractivity contribution in [2.75, 3.05) is 24.5 Å². The minimum atomic E-state index is -0.398. The number of rotatable bonds is 2. The SMILES string of the molecule is NC(=O)C1CN(c2nc3c(c(=O)[nH]2)CCCC3)CCN1. The van der Waals surface area contributed by atoms with Gasteiger partial charge in [-0.15, -0.1) is 0 Å². The van der Waals surface area contributed by atoms with Crippen LogP contribution in [0.1, 0.15) is 24.1 Å². The highest BCUT2D eigenvalue weighted by Crippen LogP contribution is 2.18. The summed E-state index contributed by atoms with van der Waals surface area (Å²) in [7, 11) is 0. The highest BCUT2D eigenvalue weighted by molar-refractivity contribution is 5.80. The van der Waals surface area contributed by atoms with Crippen LogP contribution in [-0.4, -0.2) is 41.6 Å². The second-order valence-corrected chi connectivity index (χ2v) is 5.38. The van der Waals surface area contributed by atoms with Crippen molar-refractivity contribution in [2.24, 2.45) is 5.73 Å². The van der Waals surface area contributed by atoms with E-state index in [1.165, 1.54) is 0 Å². The molecule has 0 spiro atoms. The molecule has 20 heavy (non-hydrogen) atoms. The fourth-order valence-corrected chi connectivity index (χ4v) is 2.87. The number of nitrogens with two attached hydrogens (primary N) is 1. The first-order valence-electron chi connectivity index (χ1n) is 7.05. The van der Waals surface area contributed by atoms with Gasteiger partial charge < -0.3 is 16.0 Å². The van der Waals surface area contributed by atoms with Crippen LogP contribution in [-0.2, 0) is 17.6 Å². The van der Waals surface area contributed by atoms with Crippen molar-refractivity contribution in [3.05, 3.63) is 21.6 Å². The van der Waals surface area contributed by atoms with Crippen LogP contribution < -0.4 is 21.5 Å². The maximum absolute atomic E-state index is 12.1. The lowest BCUT2D eigenvalue weighted by Crippen LogP contribution is -2.56. The number of hydrogen-bond donors (Lipinski definition) is 3. The van der Waals surface area contributed by atoms with Gasteiger partial charge >= 0.3 is 0 Å². The number of carbonyl (C=O) groups excluding carboxylic acids is 1. The maximum Gasteiger partial charge on any atom is 0.255 e. The van der Waals surface area contributed by atoms with E-state index in [1.807, 2.05) is 4.90 Å². The molecule has 1 unspecified atom stereocenters. The van der Waals surface area contributed by atoms with Crippen molar-refractivity contribution in [2.45, 2.75) is 31.7 Å².